The molecule has 0 radical (unpaired) electrons. The molecule has 32 heavy (non-hydrogen) atoms. The van der Waals surface area contributed by atoms with Gasteiger partial charge in [-0.1, -0.05) is 36.4 Å². The van der Waals surface area contributed by atoms with Crippen LogP contribution in [0.1, 0.15) is 29.3 Å². The zero-order chi connectivity index (χ0) is 22.5. The second kappa shape index (κ2) is 7.26. The van der Waals surface area contributed by atoms with Gasteiger partial charge in [0.2, 0.25) is 0 Å². The summed E-state index contributed by atoms with van der Waals surface area (Å²) in [5, 5.41) is 2.63. The molecule has 0 bridgehead atoms. The standard InChI is InChI=1S/C24H18F2N4O2/c1-24-11-14(28-22(31)15-8-5-9-18(25)20(15)26)10-16-19(24)17(12-27-30-23(16)32)21(29-24)13-6-3-2-4-7-13/h2-10,12,27H,11H2,1H3,(H,28,31)(H,30,32). The van der Waals surface area contributed by atoms with Crippen LogP contribution in [-0.2, 0) is 4.79 Å². The SMILES string of the molecule is CC12CC(NC(=O)c3cccc(F)c3F)=CC3=C1C(=CNNC3=O)C(c1ccccc1)=N2. The number of nitrogens with one attached hydrogen (secondary N) is 3. The molecule has 3 aliphatic rings. The van der Waals surface area contributed by atoms with Crippen LogP contribution in [0.3, 0.4) is 0 Å². The lowest BCUT2D eigenvalue weighted by Gasteiger charge is -2.30. The predicted molar refractivity (Wildman–Crippen MR) is 114 cm³/mol. The fourth-order valence-electron chi connectivity index (χ4n) is 4.35. The highest BCUT2D eigenvalue weighted by Crippen LogP contribution is 2.46. The Bertz CT molecular complexity index is 1290. The van der Waals surface area contributed by atoms with E-state index in [1.54, 1.807) is 12.3 Å². The quantitative estimate of drug-likeness (QED) is 0.697. The van der Waals surface area contributed by atoms with Gasteiger partial charge in [-0.2, -0.15) is 0 Å². The van der Waals surface area contributed by atoms with Crippen molar-refractivity contribution in [3.8, 4) is 0 Å². The highest BCUT2D eigenvalue weighted by molar-refractivity contribution is 6.20. The minimum Gasteiger partial charge on any atom is -0.325 e. The van der Waals surface area contributed by atoms with E-state index in [1.165, 1.54) is 12.1 Å². The summed E-state index contributed by atoms with van der Waals surface area (Å²) in [6.07, 6.45) is 3.54. The van der Waals surface area contributed by atoms with Gasteiger partial charge in [-0.25, -0.2) is 8.78 Å². The maximum Gasteiger partial charge on any atom is 0.270 e. The molecule has 1 unspecified atom stereocenters. The first-order chi connectivity index (χ1) is 15.4. The maximum atomic E-state index is 14.1. The number of hydrazine groups is 1. The molecule has 0 fully saturated rings. The molecule has 5 rings (SSSR count). The molecule has 2 aromatic rings. The van der Waals surface area contributed by atoms with Gasteiger partial charge in [0.15, 0.2) is 11.6 Å². The van der Waals surface area contributed by atoms with Gasteiger partial charge in [-0.05, 0) is 25.1 Å². The van der Waals surface area contributed by atoms with E-state index in [2.05, 4.69) is 16.2 Å². The van der Waals surface area contributed by atoms with Gasteiger partial charge in [-0.3, -0.25) is 20.0 Å². The van der Waals surface area contributed by atoms with E-state index in [-0.39, 0.29) is 12.3 Å². The molecule has 2 heterocycles. The van der Waals surface area contributed by atoms with Gasteiger partial charge in [0, 0.05) is 40.6 Å². The Labute approximate surface area is 182 Å². The molecule has 6 nitrogen and oxygen atoms in total. The second-order valence-electron chi connectivity index (χ2n) is 7.95. The Balaban J connectivity index is 1.56. The van der Waals surface area contributed by atoms with Crippen LogP contribution in [0, 0.1) is 11.6 Å². The molecule has 160 valence electrons. The molecule has 1 aliphatic carbocycles. The highest BCUT2D eigenvalue weighted by Gasteiger charge is 2.45. The summed E-state index contributed by atoms with van der Waals surface area (Å²) >= 11 is 0. The van der Waals surface area contributed by atoms with Crippen LogP contribution >= 0.6 is 0 Å². The first kappa shape index (κ1) is 19.9. The minimum absolute atomic E-state index is 0.273. The van der Waals surface area contributed by atoms with Gasteiger partial charge in [0.25, 0.3) is 11.8 Å². The molecular weight excluding hydrogens is 414 g/mol. The molecule has 3 N–H and O–H groups in total. The molecule has 0 aromatic heterocycles. The first-order valence-corrected chi connectivity index (χ1v) is 10.00. The second-order valence-corrected chi connectivity index (χ2v) is 7.95. The largest absolute Gasteiger partial charge is 0.325 e. The topological polar surface area (TPSA) is 82.6 Å². The first-order valence-electron chi connectivity index (χ1n) is 10.00. The minimum atomic E-state index is -1.22. The summed E-state index contributed by atoms with van der Waals surface area (Å²) < 4.78 is 27.7. The summed E-state index contributed by atoms with van der Waals surface area (Å²) in [4.78, 5) is 30.4. The fraction of sp³-hybridized carbons (Fsp3) is 0.125. The Hall–Kier alpha value is -4.07. The molecule has 0 saturated heterocycles. The van der Waals surface area contributed by atoms with Crippen LogP contribution in [0.25, 0.3) is 0 Å². The number of carbonyl (C=O) groups is 2. The zero-order valence-electron chi connectivity index (χ0n) is 17.0. The number of aliphatic imine (C=N–C) groups is 1. The van der Waals surface area contributed by atoms with Crippen LogP contribution < -0.4 is 16.2 Å². The van der Waals surface area contributed by atoms with Crippen molar-refractivity contribution in [3.63, 3.8) is 0 Å². The van der Waals surface area contributed by atoms with Crippen LogP contribution in [0.15, 0.2) is 88.2 Å². The van der Waals surface area contributed by atoms with E-state index in [1.807, 2.05) is 37.3 Å². The van der Waals surface area contributed by atoms with Crippen molar-refractivity contribution in [3.05, 3.63) is 106 Å². The summed E-state index contributed by atoms with van der Waals surface area (Å²) in [5.74, 6) is -3.51. The van der Waals surface area contributed by atoms with Crippen LogP contribution in [0.4, 0.5) is 8.78 Å². The van der Waals surface area contributed by atoms with Crippen molar-refractivity contribution < 1.29 is 18.4 Å². The molecule has 8 heteroatoms. The van der Waals surface area contributed by atoms with Gasteiger partial charge >= 0.3 is 0 Å². The van der Waals surface area contributed by atoms with Crippen molar-refractivity contribution in [1.29, 1.82) is 0 Å². The van der Waals surface area contributed by atoms with Crippen molar-refractivity contribution in [2.24, 2.45) is 4.99 Å². The number of benzene rings is 2. The summed E-state index contributed by atoms with van der Waals surface area (Å²) in [7, 11) is 0. The number of halogens is 2. The van der Waals surface area contributed by atoms with Crippen LogP contribution in [0.2, 0.25) is 0 Å². The lowest BCUT2D eigenvalue weighted by atomic mass is 9.78. The Kier molecular flexibility index (Phi) is 4.51. The van der Waals surface area contributed by atoms with E-state index in [0.717, 1.165) is 28.5 Å². The molecule has 0 saturated carbocycles. The van der Waals surface area contributed by atoms with E-state index >= 15 is 0 Å². The van der Waals surface area contributed by atoms with Gasteiger partial charge in [-0.15, -0.1) is 0 Å². The van der Waals surface area contributed by atoms with E-state index in [4.69, 9.17) is 4.99 Å². The third-order valence-electron chi connectivity index (χ3n) is 5.71. The Morgan fingerprint density at radius 3 is 2.69 bits per heavy atom. The molecule has 1 atom stereocenters. The van der Waals surface area contributed by atoms with E-state index < -0.39 is 28.6 Å². The predicted octanol–water partition coefficient (Wildman–Crippen LogP) is 3.06. The van der Waals surface area contributed by atoms with Gasteiger partial charge in [0.1, 0.15) is 0 Å². The average molecular weight is 432 g/mol. The Morgan fingerprint density at radius 2 is 1.91 bits per heavy atom. The van der Waals surface area contributed by atoms with Crippen molar-refractivity contribution in [2.45, 2.75) is 18.9 Å². The molecule has 0 spiro atoms. The van der Waals surface area contributed by atoms with Crippen LogP contribution in [-0.4, -0.2) is 23.1 Å². The third kappa shape index (κ3) is 3.11. The highest BCUT2D eigenvalue weighted by atomic mass is 19.2. The normalized spacial score (nSPS) is 21.5. The summed E-state index contributed by atoms with van der Waals surface area (Å²) in [5.41, 5.74) is 8.03. The van der Waals surface area contributed by atoms with E-state index in [0.29, 0.717) is 11.3 Å². The van der Waals surface area contributed by atoms with Gasteiger partial charge in [0.05, 0.1) is 16.8 Å². The lowest BCUT2D eigenvalue weighted by molar-refractivity contribution is -0.117. The zero-order valence-corrected chi connectivity index (χ0v) is 17.0. The third-order valence-corrected chi connectivity index (χ3v) is 5.71. The van der Waals surface area contributed by atoms with Crippen molar-refractivity contribution >= 4 is 17.5 Å². The fourth-order valence-corrected chi connectivity index (χ4v) is 4.35. The summed E-state index contributed by atoms with van der Waals surface area (Å²) in [6, 6.07) is 13.0. The van der Waals surface area contributed by atoms with E-state index in [9.17, 15) is 18.4 Å². The number of hydrogen-bond acceptors (Lipinski definition) is 4. The average Bonchev–Trinajstić information content (AvgIpc) is 2.96. The molecule has 2 aromatic carbocycles. The Morgan fingerprint density at radius 1 is 1.12 bits per heavy atom. The monoisotopic (exact) mass is 432 g/mol. The van der Waals surface area contributed by atoms with Gasteiger partial charge < -0.3 is 10.7 Å². The summed E-state index contributed by atoms with van der Waals surface area (Å²) in [6.45, 7) is 1.88. The molecular formula is C24H18F2N4O2. The number of carbonyl (C=O) groups excluding carboxylic acids is 2. The van der Waals surface area contributed by atoms with Crippen LogP contribution in [0.5, 0.6) is 0 Å². The lowest BCUT2D eigenvalue weighted by Crippen LogP contribution is -2.38. The van der Waals surface area contributed by atoms with Crippen molar-refractivity contribution in [2.75, 3.05) is 0 Å². The number of hydrogen-bond donors (Lipinski definition) is 3. The molecule has 2 amide bonds. The number of rotatable bonds is 3. The van der Waals surface area contributed by atoms with Crippen molar-refractivity contribution in [1.82, 2.24) is 16.2 Å². The smallest absolute Gasteiger partial charge is 0.270 e. The molecule has 2 aliphatic heterocycles. The maximum absolute atomic E-state index is 14.1. The number of amides is 2. The number of nitrogens with zero attached hydrogens (tertiary/aromatic N) is 1.